The van der Waals surface area contributed by atoms with E-state index >= 15 is 0 Å². The summed E-state index contributed by atoms with van der Waals surface area (Å²) in [5.41, 5.74) is 0. The smallest absolute Gasteiger partial charge is 0.133 e. The minimum Gasteiger partial charge on any atom is -0.488 e. The van der Waals surface area contributed by atoms with Crippen molar-refractivity contribution in [2.24, 2.45) is 5.92 Å². The lowest BCUT2D eigenvalue weighted by Gasteiger charge is -2.19. The summed E-state index contributed by atoms with van der Waals surface area (Å²) in [5.74, 6) is 1.60. The number of halogens is 1. The van der Waals surface area contributed by atoms with Crippen LogP contribution in [0.3, 0.4) is 0 Å². The zero-order valence-corrected chi connectivity index (χ0v) is 12.5. The van der Waals surface area contributed by atoms with Crippen molar-refractivity contribution in [2.45, 2.75) is 33.3 Å². The van der Waals surface area contributed by atoms with Crippen molar-refractivity contribution in [3.63, 3.8) is 0 Å². The van der Waals surface area contributed by atoms with Crippen LogP contribution in [0.15, 0.2) is 28.7 Å². The van der Waals surface area contributed by atoms with E-state index in [4.69, 9.17) is 4.74 Å². The van der Waals surface area contributed by atoms with Crippen LogP contribution < -0.4 is 10.1 Å². The lowest BCUT2D eigenvalue weighted by molar-refractivity contribution is 0.191. The van der Waals surface area contributed by atoms with Crippen LogP contribution in [-0.2, 0) is 0 Å². The summed E-state index contributed by atoms with van der Waals surface area (Å²) in [7, 11) is 0. The van der Waals surface area contributed by atoms with Gasteiger partial charge in [-0.25, -0.2) is 0 Å². The highest BCUT2D eigenvalue weighted by Crippen LogP contribution is 2.25. The van der Waals surface area contributed by atoms with Gasteiger partial charge in [-0.1, -0.05) is 32.9 Å². The molecule has 2 nitrogen and oxygen atoms in total. The van der Waals surface area contributed by atoms with Gasteiger partial charge in [-0.2, -0.15) is 0 Å². The highest BCUT2D eigenvalue weighted by Gasteiger charge is 2.09. The Kier molecular flexibility index (Phi) is 6.60. The van der Waals surface area contributed by atoms with E-state index < -0.39 is 0 Å². The average Bonchev–Trinajstić information content (AvgIpc) is 2.30. The number of ether oxygens (including phenoxy) is 1. The first kappa shape index (κ1) is 14.5. The standard InChI is InChI=1S/C14H22BrNO/c1-4-12(10-16-9-11(2)3)17-14-8-6-5-7-13(14)15/h5-8,11-12,16H,4,9-10H2,1-3H3. The SMILES string of the molecule is CCC(CNCC(C)C)Oc1ccccc1Br. The fraction of sp³-hybridized carbons (Fsp3) is 0.571. The number of hydrogen-bond acceptors (Lipinski definition) is 2. The van der Waals surface area contributed by atoms with Crippen LogP contribution in [0.1, 0.15) is 27.2 Å². The summed E-state index contributed by atoms with van der Waals surface area (Å²) in [5, 5.41) is 3.44. The Balaban J connectivity index is 2.44. The van der Waals surface area contributed by atoms with Crippen LogP contribution in [0.25, 0.3) is 0 Å². The largest absolute Gasteiger partial charge is 0.488 e. The fourth-order valence-corrected chi connectivity index (χ4v) is 1.90. The second-order valence-corrected chi connectivity index (χ2v) is 5.48. The molecule has 1 aromatic carbocycles. The van der Waals surface area contributed by atoms with Crippen molar-refractivity contribution < 1.29 is 4.74 Å². The molecule has 0 aliphatic carbocycles. The lowest BCUT2D eigenvalue weighted by atomic mass is 10.2. The molecule has 0 fully saturated rings. The van der Waals surface area contributed by atoms with E-state index in [9.17, 15) is 0 Å². The van der Waals surface area contributed by atoms with Gasteiger partial charge in [0.05, 0.1) is 4.47 Å². The first-order valence-corrected chi connectivity index (χ1v) is 7.04. The molecule has 0 bridgehead atoms. The maximum Gasteiger partial charge on any atom is 0.133 e. The van der Waals surface area contributed by atoms with Gasteiger partial charge in [0.15, 0.2) is 0 Å². The van der Waals surface area contributed by atoms with Gasteiger partial charge >= 0.3 is 0 Å². The molecule has 1 N–H and O–H groups in total. The van der Waals surface area contributed by atoms with Crippen LogP contribution in [-0.4, -0.2) is 19.2 Å². The third kappa shape index (κ3) is 5.55. The Morgan fingerprint density at radius 3 is 2.53 bits per heavy atom. The number of rotatable bonds is 7. The van der Waals surface area contributed by atoms with Crippen LogP contribution in [0, 0.1) is 5.92 Å². The van der Waals surface area contributed by atoms with E-state index in [2.05, 4.69) is 42.0 Å². The Labute approximate surface area is 113 Å². The Bertz CT molecular complexity index is 328. The zero-order chi connectivity index (χ0) is 12.7. The number of nitrogens with one attached hydrogen (secondary N) is 1. The van der Waals surface area contributed by atoms with Gasteiger partial charge in [0.25, 0.3) is 0 Å². The second-order valence-electron chi connectivity index (χ2n) is 4.63. The predicted molar refractivity (Wildman–Crippen MR) is 76.6 cm³/mol. The topological polar surface area (TPSA) is 21.3 Å². The van der Waals surface area contributed by atoms with Crippen LogP contribution in [0.2, 0.25) is 0 Å². The summed E-state index contributed by atoms with van der Waals surface area (Å²) >= 11 is 3.50. The van der Waals surface area contributed by atoms with Gasteiger partial charge in [0.2, 0.25) is 0 Å². The highest BCUT2D eigenvalue weighted by molar-refractivity contribution is 9.10. The molecule has 17 heavy (non-hydrogen) atoms. The predicted octanol–water partition coefficient (Wildman–Crippen LogP) is 3.85. The molecule has 0 saturated heterocycles. The monoisotopic (exact) mass is 299 g/mol. The Hall–Kier alpha value is -0.540. The van der Waals surface area contributed by atoms with Crippen molar-refractivity contribution >= 4 is 15.9 Å². The molecule has 0 spiro atoms. The number of para-hydroxylation sites is 1. The van der Waals surface area contributed by atoms with Gasteiger partial charge in [0, 0.05) is 6.54 Å². The van der Waals surface area contributed by atoms with Crippen molar-refractivity contribution in [1.29, 1.82) is 0 Å². The van der Waals surface area contributed by atoms with Crippen molar-refractivity contribution in [2.75, 3.05) is 13.1 Å². The molecule has 3 heteroatoms. The van der Waals surface area contributed by atoms with E-state index in [1.807, 2.05) is 24.3 Å². The number of hydrogen-bond donors (Lipinski definition) is 1. The van der Waals surface area contributed by atoms with Crippen LogP contribution >= 0.6 is 15.9 Å². The highest BCUT2D eigenvalue weighted by atomic mass is 79.9. The summed E-state index contributed by atoms with van der Waals surface area (Å²) in [6.45, 7) is 8.51. The third-order valence-electron chi connectivity index (χ3n) is 2.51. The molecule has 0 aliphatic rings. The van der Waals surface area contributed by atoms with E-state index in [0.29, 0.717) is 5.92 Å². The van der Waals surface area contributed by atoms with E-state index in [1.54, 1.807) is 0 Å². The summed E-state index contributed by atoms with van der Waals surface area (Å²) < 4.78 is 6.98. The van der Waals surface area contributed by atoms with Gasteiger partial charge in [0.1, 0.15) is 11.9 Å². The van der Waals surface area contributed by atoms with Crippen molar-refractivity contribution in [3.05, 3.63) is 28.7 Å². The molecule has 0 aliphatic heterocycles. The quantitative estimate of drug-likeness (QED) is 0.826. The molecule has 0 radical (unpaired) electrons. The summed E-state index contributed by atoms with van der Waals surface area (Å²) in [6.07, 6.45) is 1.24. The first-order valence-electron chi connectivity index (χ1n) is 6.25. The van der Waals surface area contributed by atoms with E-state index in [1.165, 1.54) is 0 Å². The maximum absolute atomic E-state index is 5.97. The Morgan fingerprint density at radius 1 is 1.24 bits per heavy atom. The normalized spacial score (nSPS) is 12.8. The van der Waals surface area contributed by atoms with Crippen molar-refractivity contribution in [1.82, 2.24) is 5.32 Å². The summed E-state index contributed by atoms with van der Waals surface area (Å²) in [6, 6.07) is 7.99. The first-order chi connectivity index (χ1) is 8.13. The van der Waals surface area contributed by atoms with E-state index in [0.717, 1.165) is 29.7 Å². The number of benzene rings is 1. The minimum absolute atomic E-state index is 0.229. The molecule has 1 unspecified atom stereocenters. The maximum atomic E-state index is 5.97. The molecule has 96 valence electrons. The molecule has 0 amide bonds. The van der Waals surface area contributed by atoms with Gasteiger partial charge in [-0.05, 0) is 46.9 Å². The van der Waals surface area contributed by atoms with Gasteiger partial charge < -0.3 is 10.1 Å². The van der Waals surface area contributed by atoms with Crippen LogP contribution in [0.5, 0.6) is 5.75 Å². The third-order valence-corrected chi connectivity index (χ3v) is 3.17. The molecule has 1 atom stereocenters. The molecule has 1 aromatic rings. The molecular formula is C14H22BrNO. The fourth-order valence-electron chi connectivity index (χ4n) is 1.52. The Morgan fingerprint density at radius 2 is 1.94 bits per heavy atom. The average molecular weight is 300 g/mol. The summed E-state index contributed by atoms with van der Waals surface area (Å²) in [4.78, 5) is 0. The van der Waals surface area contributed by atoms with E-state index in [-0.39, 0.29) is 6.10 Å². The lowest BCUT2D eigenvalue weighted by Crippen LogP contribution is -2.33. The minimum atomic E-state index is 0.229. The molecule has 0 aromatic heterocycles. The van der Waals surface area contributed by atoms with Gasteiger partial charge in [-0.15, -0.1) is 0 Å². The van der Waals surface area contributed by atoms with Crippen LogP contribution in [0.4, 0.5) is 0 Å². The molecule has 1 rings (SSSR count). The van der Waals surface area contributed by atoms with Gasteiger partial charge in [-0.3, -0.25) is 0 Å². The molecular weight excluding hydrogens is 278 g/mol. The van der Waals surface area contributed by atoms with Crippen molar-refractivity contribution in [3.8, 4) is 5.75 Å². The second kappa shape index (κ2) is 7.72. The molecule has 0 heterocycles. The molecule has 0 saturated carbocycles. The zero-order valence-electron chi connectivity index (χ0n) is 10.9.